The standard InChI is InChI=1S/C23H29FN6/c1-17-4-3-5-22-27-21(16-30(17)22)14-26-23(25-2)28-20-10-12-29(13-11-20)15-18-6-8-19(24)9-7-18/h3-9,16,20H,10-15H2,1-2H3,(H2,25,26,28). The number of aliphatic imine (C=N–C) groups is 1. The van der Waals surface area contributed by atoms with Gasteiger partial charge in [-0.25, -0.2) is 9.37 Å². The monoisotopic (exact) mass is 408 g/mol. The predicted molar refractivity (Wildman–Crippen MR) is 118 cm³/mol. The molecule has 1 aliphatic heterocycles. The van der Waals surface area contributed by atoms with E-state index in [9.17, 15) is 4.39 Å². The third kappa shape index (κ3) is 4.97. The average molecular weight is 409 g/mol. The topological polar surface area (TPSA) is 57.0 Å². The highest BCUT2D eigenvalue weighted by Crippen LogP contribution is 2.14. The molecule has 1 saturated heterocycles. The molecule has 158 valence electrons. The largest absolute Gasteiger partial charge is 0.354 e. The molecule has 7 heteroatoms. The van der Waals surface area contributed by atoms with Gasteiger partial charge in [0.2, 0.25) is 0 Å². The lowest BCUT2D eigenvalue weighted by Gasteiger charge is -2.33. The van der Waals surface area contributed by atoms with Crippen LogP contribution in [0.1, 0.15) is 29.8 Å². The molecule has 3 aromatic rings. The molecule has 2 N–H and O–H groups in total. The van der Waals surface area contributed by atoms with Gasteiger partial charge in [-0.05, 0) is 49.6 Å². The number of guanidine groups is 1. The Morgan fingerprint density at radius 2 is 1.93 bits per heavy atom. The van der Waals surface area contributed by atoms with Crippen molar-refractivity contribution in [2.45, 2.75) is 38.9 Å². The molecule has 6 nitrogen and oxygen atoms in total. The number of pyridine rings is 1. The van der Waals surface area contributed by atoms with Gasteiger partial charge in [0.05, 0.1) is 12.2 Å². The summed E-state index contributed by atoms with van der Waals surface area (Å²) in [5.41, 5.74) is 4.27. The summed E-state index contributed by atoms with van der Waals surface area (Å²) in [5, 5.41) is 6.92. The molecule has 0 spiro atoms. The Kier molecular flexibility index (Phi) is 6.28. The van der Waals surface area contributed by atoms with Crippen LogP contribution in [-0.4, -0.2) is 46.4 Å². The molecule has 1 fully saturated rings. The number of likely N-dealkylation sites (tertiary alicyclic amines) is 1. The fourth-order valence-corrected chi connectivity index (χ4v) is 3.93. The van der Waals surface area contributed by atoms with E-state index in [4.69, 9.17) is 0 Å². The van der Waals surface area contributed by atoms with Crippen molar-refractivity contribution >= 4 is 11.6 Å². The van der Waals surface area contributed by atoms with Gasteiger partial charge in [-0.15, -0.1) is 0 Å². The van der Waals surface area contributed by atoms with Crippen molar-refractivity contribution in [3.8, 4) is 0 Å². The maximum Gasteiger partial charge on any atom is 0.191 e. The summed E-state index contributed by atoms with van der Waals surface area (Å²) in [6, 6.07) is 13.3. The molecule has 4 rings (SSSR count). The van der Waals surface area contributed by atoms with Gasteiger partial charge in [-0.1, -0.05) is 18.2 Å². The van der Waals surface area contributed by atoms with Crippen LogP contribution in [0.5, 0.6) is 0 Å². The molecule has 0 amide bonds. The van der Waals surface area contributed by atoms with E-state index in [1.165, 1.54) is 17.8 Å². The molecule has 3 heterocycles. The van der Waals surface area contributed by atoms with Crippen molar-refractivity contribution in [1.82, 2.24) is 24.9 Å². The van der Waals surface area contributed by atoms with Gasteiger partial charge in [-0.3, -0.25) is 9.89 Å². The summed E-state index contributed by atoms with van der Waals surface area (Å²) < 4.78 is 15.2. The summed E-state index contributed by atoms with van der Waals surface area (Å²) in [7, 11) is 1.80. The first kappa shape index (κ1) is 20.3. The molecule has 1 aromatic carbocycles. The first-order valence-electron chi connectivity index (χ1n) is 10.5. The smallest absolute Gasteiger partial charge is 0.191 e. The lowest BCUT2D eigenvalue weighted by Crippen LogP contribution is -2.48. The molecule has 0 bridgehead atoms. The van der Waals surface area contributed by atoms with Gasteiger partial charge in [0.1, 0.15) is 11.5 Å². The Bertz CT molecular complexity index is 1000. The predicted octanol–water partition coefficient (Wildman–Crippen LogP) is 3.11. The molecule has 0 radical (unpaired) electrons. The Hall–Kier alpha value is -2.93. The fourth-order valence-electron chi connectivity index (χ4n) is 3.93. The van der Waals surface area contributed by atoms with Crippen molar-refractivity contribution in [2.24, 2.45) is 4.99 Å². The molecule has 0 unspecified atom stereocenters. The van der Waals surface area contributed by atoms with E-state index >= 15 is 0 Å². The highest BCUT2D eigenvalue weighted by atomic mass is 19.1. The lowest BCUT2D eigenvalue weighted by molar-refractivity contribution is 0.198. The van der Waals surface area contributed by atoms with Crippen LogP contribution in [0.2, 0.25) is 0 Å². The summed E-state index contributed by atoms with van der Waals surface area (Å²) in [6.45, 7) is 5.60. The molecule has 30 heavy (non-hydrogen) atoms. The molecular weight excluding hydrogens is 379 g/mol. The highest BCUT2D eigenvalue weighted by molar-refractivity contribution is 5.79. The number of aryl methyl sites for hydroxylation is 1. The van der Waals surface area contributed by atoms with Crippen LogP contribution in [0, 0.1) is 12.7 Å². The number of nitrogens with one attached hydrogen (secondary N) is 2. The van der Waals surface area contributed by atoms with Crippen molar-refractivity contribution < 1.29 is 4.39 Å². The summed E-state index contributed by atoms with van der Waals surface area (Å²) in [6.07, 6.45) is 4.17. The minimum atomic E-state index is -0.181. The van der Waals surface area contributed by atoms with Crippen LogP contribution >= 0.6 is 0 Å². The Morgan fingerprint density at radius 3 is 2.63 bits per heavy atom. The second kappa shape index (κ2) is 9.26. The zero-order valence-corrected chi connectivity index (χ0v) is 17.6. The van der Waals surface area contributed by atoms with Crippen molar-refractivity contribution in [1.29, 1.82) is 0 Å². The quantitative estimate of drug-likeness (QED) is 0.503. The molecule has 1 aliphatic rings. The minimum absolute atomic E-state index is 0.181. The SMILES string of the molecule is CN=C(NCc1cn2c(C)cccc2n1)NC1CCN(Cc2ccc(F)cc2)CC1. The maximum atomic E-state index is 13.1. The van der Waals surface area contributed by atoms with Crippen LogP contribution in [0.4, 0.5) is 4.39 Å². The van der Waals surface area contributed by atoms with E-state index in [1.54, 1.807) is 7.05 Å². The third-order valence-electron chi connectivity index (χ3n) is 5.65. The molecule has 0 aliphatic carbocycles. The van der Waals surface area contributed by atoms with Crippen LogP contribution in [0.3, 0.4) is 0 Å². The number of imidazole rings is 1. The Morgan fingerprint density at radius 1 is 1.17 bits per heavy atom. The van der Waals surface area contributed by atoms with Gasteiger partial charge in [0.25, 0.3) is 0 Å². The number of hydrogen-bond acceptors (Lipinski definition) is 3. The lowest BCUT2D eigenvalue weighted by atomic mass is 10.0. The van der Waals surface area contributed by atoms with Crippen LogP contribution in [0.15, 0.2) is 53.7 Å². The first-order chi connectivity index (χ1) is 14.6. The van der Waals surface area contributed by atoms with E-state index in [0.717, 1.165) is 55.3 Å². The number of piperidine rings is 1. The highest BCUT2D eigenvalue weighted by Gasteiger charge is 2.20. The molecule has 2 aromatic heterocycles. The van der Waals surface area contributed by atoms with E-state index in [0.29, 0.717) is 12.6 Å². The van der Waals surface area contributed by atoms with E-state index in [2.05, 4.69) is 49.1 Å². The zero-order valence-electron chi connectivity index (χ0n) is 17.6. The van der Waals surface area contributed by atoms with Gasteiger partial charge in [0, 0.05) is 44.6 Å². The molecular formula is C23H29FN6. The number of hydrogen-bond donors (Lipinski definition) is 2. The second-order valence-corrected chi connectivity index (χ2v) is 7.87. The van der Waals surface area contributed by atoms with Crippen molar-refractivity contribution in [3.63, 3.8) is 0 Å². The summed E-state index contributed by atoms with van der Waals surface area (Å²) in [4.78, 5) is 11.5. The minimum Gasteiger partial charge on any atom is -0.354 e. The van der Waals surface area contributed by atoms with Crippen LogP contribution in [-0.2, 0) is 13.1 Å². The van der Waals surface area contributed by atoms with Gasteiger partial charge < -0.3 is 15.0 Å². The number of aromatic nitrogens is 2. The maximum absolute atomic E-state index is 13.1. The van der Waals surface area contributed by atoms with E-state index < -0.39 is 0 Å². The number of nitrogens with zero attached hydrogens (tertiary/aromatic N) is 4. The van der Waals surface area contributed by atoms with Gasteiger partial charge in [0.15, 0.2) is 5.96 Å². The normalized spacial score (nSPS) is 16.2. The Balaban J connectivity index is 1.25. The molecule has 0 saturated carbocycles. The number of fused-ring (bicyclic) bond motifs is 1. The molecule has 0 atom stereocenters. The van der Waals surface area contributed by atoms with Crippen LogP contribution < -0.4 is 10.6 Å². The van der Waals surface area contributed by atoms with Crippen molar-refractivity contribution in [3.05, 3.63) is 71.4 Å². The first-order valence-corrected chi connectivity index (χ1v) is 10.5. The van der Waals surface area contributed by atoms with Crippen LogP contribution in [0.25, 0.3) is 5.65 Å². The van der Waals surface area contributed by atoms with E-state index in [-0.39, 0.29) is 5.82 Å². The van der Waals surface area contributed by atoms with Crippen molar-refractivity contribution in [2.75, 3.05) is 20.1 Å². The van der Waals surface area contributed by atoms with Gasteiger partial charge in [-0.2, -0.15) is 0 Å². The zero-order chi connectivity index (χ0) is 20.9. The summed E-state index contributed by atoms with van der Waals surface area (Å²) in [5.74, 6) is 0.625. The number of halogens is 1. The summed E-state index contributed by atoms with van der Waals surface area (Å²) >= 11 is 0. The van der Waals surface area contributed by atoms with E-state index in [1.807, 2.05) is 24.3 Å². The second-order valence-electron chi connectivity index (χ2n) is 7.87. The number of benzene rings is 1. The third-order valence-corrected chi connectivity index (χ3v) is 5.65. The average Bonchev–Trinajstić information content (AvgIpc) is 3.18. The fraction of sp³-hybridized carbons (Fsp3) is 0.391. The van der Waals surface area contributed by atoms with Gasteiger partial charge >= 0.3 is 0 Å². The Labute approximate surface area is 176 Å². The number of rotatable bonds is 5.